The van der Waals surface area contributed by atoms with Crippen LogP contribution in [0.25, 0.3) is 0 Å². The summed E-state index contributed by atoms with van der Waals surface area (Å²) in [5.74, 6) is -0.720. The maximum absolute atomic E-state index is 11.7. The molecular weight excluding hydrogens is 266 g/mol. The molecule has 6 nitrogen and oxygen atoms in total. The zero-order chi connectivity index (χ0) is 13.8. The van der Waals surface area contributed by atoms with Crippen LogP contribution < -0.4 is 5.32 Å². The largest absolute Gasteiger partial charge is 0.325 e. The molecule has 0 radical (unpaired) electrons. The SMILES string of the molecule is N#Cc1ccc(NC(=O)CN2C(=O)CSC2=O)cc1. The van der Waals surface area contributed by atoms with E-state index in [-0.39, 0.29) is 18.2 Å². The monoisotopic (exact) mass is 275 g/mol. The van der Waals surface area contributed by atoms with Crippen LogP contribution in [0.3, 0.4) is 0 Å². The van der Waals surface area contributed by atoms with Crippen molar-refractivity contribution in [2.75, 3.05) is 17.6 Å². The highest BCUT2D eigenvalue weighted by Crippen LogP contribution is 2.18. The van der Waals surface area contributed by atoms with Gasteiger partial charge < -0.3 is 5.32 Å². The van der Waals surface area contributed by atoms with Gasteiger partial charge in [0.1, 0.15) is 6.54 Å². The highest BCUT2D eigenvalue weighted by molar-refractivity contribution is 8.14. The molecule has 1 N–H and O–H groups in total. The molecule has 19 heavy (non-hydrogen) atoms. The summed E-state index contributed by atoms with van der Waals surface area (Å²) in [7, 11) is 0. The van der Waals surface area contributed by atoms with E-state index < -0.39 is 11.1 Å². The number of nitriles is 1. The minimum Gasteiger partial charge on any atom is -0.325 e. The molecule has 0 unspecified atom stereocenters. The Hall–Kier alpha value is -2.33. The van der Waals surface area contributed by atoms with Crippen LogP contribution in [0.2, 0.25) is 0 Å². The fourth-order valence-electron chi connectivity index (χ4n) is 1.51. The second-order valence-corrected chi connectivity index (χ2v) is 4.70. The summed E-state index contributed by atoms with van der Waals surface area (Å²) in [6, 6.07) is 8.26. The lowest BCUT2D eigenvalue weighted by atomic mass is 10.2. The van der Waals surface area contributed by atoms with Gasteiger partial charge in [0.15, 0.2) is 0 Å². The molecule has 0 atom stereocenters. The minimum absolute atomic E-state index is 0.0863. The van der Waals surface area contributed by atoms with E-state index in [4.69, 9.17) is 5.26 Å². The third kappa shape index (κ3) is 3.11. The lowest BCUT2D eigenvalue weighted by Crippen LogP contribution is -2.36. The number of hydrogen-bond acceptors (Lipinski definition) is 5. The molecule has 1 aromatic carbocycles. The Morgan fingerprint density at radius 3 is 2.58 bits per heavy atom. The number of anilines is 1. The first kappa shape index (κ1) is 13.1. The molecule has 1 heterocycles. The molecule has 7 heteroatoms. The zero-order valence-corrected chi connectivity index (χ0v) is 10.6. The number of imide groups is 1. The number of thioether (sulfide) groups is 1. The minimum atomic E-state index is -0.450. The van der Waals surface area contributed by atoms with Gasteiger partial charge in [0.05, 0.1) is 17.4 Å². The van der Waals surface area contributed by atoms with Crippen LogP contribution in [-0.2, 0) is 9.59 Å². The first-order valence-corrected chi connectivity index (χ1v) is 6.36. The molecule has 0 saturated carbocycles. The fraction of sp³-hybridized carbons (Fsp3) is 0.167. The van der Waals surface area contributed by atoms with Gasteiger partial charge >= 0.3 is 0 Å². The van der Waals surface area contributed by atoms with Crippen molar-refractivity contribution >= 4 is 34.5 Å². The average molecular weight is 275 g/mol. The van der Waals surface area contributed by atoms with E-state index in [2.05, 4.69) is 5.32 Å². The van der Waals surface area contributed by atoms with Gasteiger partial charge in [-0.15, -0.1) is 0 Å². The molecule has 0 bridgehead atoms. The van der Waals surface area contributed by atoms with Gasteiger partial charge in [0.25, 0.3) is 5.24 Å². The fourth-order valence-corrected chi connectivity index (χ4v) is 2.23. The third-order valence-electron chi connectivity index (χ3n) is 2.44. The number of hydrogen-bond donors (Lipinski definition) is 1. The topological polar surface area (TPSA) is 90.3 Å². The summed E-state index contributed by atoms with van der Waals surface area (Å²) in [6.07, 6.45) is 0. The molecule has 1 fully saturated rings. The number of amides is 3. The van der Waals surface area contributed by atoms with Crippen LogP contribution >= 0.6 is 11.8 Å². The molecule has 1 aliphatic rings. The lowest BCUT2D eigenvalue weighted by molar-refractivity contribution is -0.128. The van der Waals surface area contributed by atoms with E-state index in [1.165, 1.54) is 0 Å². The van der Waals surface area contributed by atoms with Gasteiger partial charge in [0.2, 0.25) is 11.8 Å². The maximum atomic E-state index is 11.7. The van der Waals surface area contributed by atoms with Gasteiger partial charge in [-0.1, -0.05) is 11.8 Å². The molecule has 0 aliphatic carbocycles. The van der Waals surface area contributed by atoms with E-state index in [9.17, 15) is 14.4 Å². The second kappa shape index (κ2) is 5.54. The number of rotatable bonds is 3. The molecule has 0 spiro atoms. The highest BCUT2D eigenvalue weighted by atomic mass is 32.2. The summed E-state index contributed by atoms with van der Waals surface area (Å²) in [5, 5.41) is 10.8. The number of benzene rings is 1. The third-order valence-corrected chi connectivity index (χ3v) is 3.30. The van der Waals surface area contributed by atoms with Crippen molar-refractivity contribution in [3.8, 4) is 6.07 Å². The summed E-state index contributed by atoms with van der Waals surface area (Å²) in [5.41, 5.74) is 0.995. The van der Waals surface area contributed by atoms with Gasteiger partial charge in [-0.3, -0.25) is 19.3 Å². The van der Waals surface area contributed by atoms with Crippen LogP contribution in [0.5, 0.6) is 0 Å². The van der Waals surface area contributed by atoms with Crippen molar-refractivity contribution in [1.29, 1.82) is 5.26 Å². The van der Waals surface area contributed by atoms with Crippen LogP contribution in [0.4, 0.5) is 10.5 Å². The molecule has 1 aromatic rings. The van der Waals surface area contributed by atoms with Crippen LogP contribution in [0.15, 0.2) is 24.3 Å². The molecule has 2 rings (SSSR count). The summed E-state index contributed by atoms with van der Waals surface area (Å²) < 4.78 is 0. The van der Waals surface area contributed by atoms with Crippen molar-refractivity contribution in [2.45, 2.75) is 0 Å². The molecule has 3 amide bonds. The maximum Gasteiger partial charge on any atom is 0.289 e. The van der Waals surface area contributed by atoms with Crippen LogP contribution in [0.1, 0.15) is 5.56 Å². The van der Waals surface area contributed by atoms with Gasteiger partial charge in [0, 0.05) is 5.69 Å². The Balaban J connectivity index is 1.95. The first-order valence-electron chi connectivity index (χ1n) is 5.37. The number of nitrogens with zero attached hydrogens (tertiary/aromatic N) is 2. The summed E-state index contributed by atoms with van der Waals surface area (Å²) in [6.45, 7) is -0.287. The summed E-state index contributed by atoms with van der Waals surface area (Å²) >= 11 is 0.888. The molecule has 1 saturated heterocycles. The number of carbonyl (C=O) groups excluding carboxylic acids is 3. The Bertz CT molecular complexity index is 561. The predicted molar refractivity (Wildman–Crippen MR) is 69.4 cm³/mol. The zero-order valence-electron chi connectivity index (χ0n) is 9.75. The van der Waals surface area contributed by atoms with Crippen LogP contribution in [-0.4, -0.2) is 34.3 Å². The first-order chi connectivity index (χ1) is 9.10. The van der Waals surface area contributed by atoms with Crippen molar-refractivity contribution < 1.29 is 14.4 Å². The van der Waals surface area contributed by atoms with Gasteiger partial charge in [-0.25, -0.2) is 0 Å². The molecule has 96 valence electrons. The Labute approximate surface area is 113 Å². The Morgan fingerprint density at radius 1 is 1.37 bits per heavy atom. The summed E-state index contributed by atoms with van der Waals surface area (Å²) in [4.78, 5) is 35.2. The van der Waals surface area contributed by atoms with E-state index in [1.807, 2.05) is 6.07 Å². The standard InChI is InChI=1S/C12H9N3O3S/c13-5-8-1-3-9(4-2-8)14-10(16)6-15-11(17)7-19-12(15)18/h1-4H,6-7H2,(H,14,16). The quantitative estimate of drug-likeness (QED) is 0.894. The highest BCUT2D eigenvalue weighted by Gasteiger charge is 2.31. The number of nitrogens with one attached hydrogen (secondary N) is 1. The Kier molecular flexibility index (Phi) is 3.82. The van der Waals surface area contributed by atoms with Crippen molar-refractivity contribution in [1.82, 2.24) is 4.90 Å². The molecular formula is C12H9N3O3S. The van der Waals surface area contributed by atoms with Gasteiger partial charge in [-0.05, 0) is 24.3 Å². The van der Waals surface area contributed by atoms with E-state index in [0.717, 1.165) is 16.7 Å². The number of carbonyl (C=O) groups is 3. The van der Waals surface area contributed by atoms with Crippen molar-refractivity contribution in [3.63, 3.8) is 0 Å². The predicted octanol–water partition coefficient (Wildman–Crippen LogP) is 1.19. The molecule has 0 aromatic heterocycles. The van der Waals surface area contributed by atoms with E-state index in [1.54, 1.807) is 24.3 Å². The molecule has 1 aliphatic heterocycles. The van der Waals surface area contributed by atoms with E-state index >= 15 is 0 Å². The Morgan fingerprint density at radius 2 is 2.05 bits per heavy atom. The second-order valence-electron chi connectivity index (χ2n) is 3.77. The van der Waals surface area contributed by atoms with E-state index in [0.29, 0.717) is 11.3 Å². The lowest BCUT2D eigenvalue weighted by Gasteiger charge is -2.12. The van der Waals surface area contributed by atoms with Crippen LogP contribution in [0, 0.1) is 11.3 Å². The average Bonchev–Trinajstić information content (AvgIpc) is 2.71. The van der Waals surface area contributed by atoms with Crippen molar-refractivity contribution in [2.24, 2.45) is 0 Å². The van der Waals surface area contributed by atoms with Gasteiger partial charge in [-0.2, -0.15) is 5.26 Å². The van der Waals surface area contributed by atoms with Crippen molar-refractivity contribution in [3.05, 3.63) is 29.8 Å². The smallest absolute Gasteiger partial charge is 0.289 e. The normalized spacial score (nSPS) is 14.4.